The molecule has 138 valence electrons. The summed E-state index contributed by atoms with van der Waals surface area (Å²) in [6.45, 7) is 7.57. The molecule has 0 saturated heterocycles. The third-order valence-electron chi connectivity index (χ3n) is 3.79. The lowest BCUT2D eigenvalue weighted by Gasteiger charge is -2.21. The lowest BCUT2D eigenvalue weighted by molar-refractivity contribution is -0.131. The van der Waals surface area contributed by atoms with Gasteiger partial charge in [0.1, 0.15) is 18.4 Å². The molecule has 0 bridgehead atoms. The van der Waals surface area contributed by atoms with Crippen LogP contribution in [0.2, 0.25) is 0 Å². The maximum absolute atomic E-state index is 12.2. The van der Waals surface area contributed by atoms with E-state index in [9.17, 15) is 9.59 Å². The Morgan fingerprint density at radius 1 is 1.00 bits per heavy atom. The first-order valence-electron chi connectivity index (χ1n) is 8.64. The highest BCUT2D eigenvalue weighted by atomic mass is 16.5. The van der Waals surface area contributed by atoms with Crippen LogP contribution >= 0.6 is 0 Å². The Morgan fingerprint density at radius 2 is 1.62 bits per heavy atom. The lowest BCUT2D eigenvalue weighted by Crippen LogP contribution is -2.46. The smallest absolute Gasteiger partial charge is 0.246 e. The van der Waals surface area contributed by atoms with E-state index in [2.05, 4.69) is 10.6 Å². The van der Waals surface area contributed by atoms with E-state index in [1.165, 1.54) is 0 Å². The van der Waals surface area contributed by atoms with Crippen molar-refractivity contribution in [3.63, 3.8) is 0 Å². The van der Waals surface area contributed by atoms with Gasteiger partial charge in [-0.1, -0.05) is 51.1 Å². The molecule has 0 saturated carbocycles. The molecule has 0 heterocycles. The van der Waals surface area contributed by atoms with Gasteiger partial charge in [-0.25, -0.2) is 0 Å². The molecule has 0 fully saturated rings. The first-order valence-corrected chi connectivity index (χ1v) is 8.64. The summed E-state index contributed by atoms with van der Waals surface area (Å²) in [7, 11) is 0. The molecule has 2 aromatic carbocycles. The fourth-order valence-corrected chi connectivity index (χ4v) is 2.10. The van der Waals surface area contributed by atoms with Crippen LogP contribution in [-0.4, -0.2) is 17.9 Å². The van der Waals surface area contributed by atoms with Crippen molar-refractivity contribution in [2.75, 3.05) is 5.32 Å². The van der Waals surface area contributed by atoms with Crippen molar-refractivity contribution in [2.24, 2.45) is 5.41 Å². The molecule has 0 unspecified atom stereocenters. The summed E-state index contributed by atoms with van der Waals surface area (Å²) >= 11 is 0. The monoisotopic (exact) mass is 354 g/mol. The van der Waals surface area contributed by atoms with Gasteiger partial charge in [0.25, 0.3) is 0 Å². The fourth-order valence-electron chi connectivity index (χ4n) is 2.10. The van der Waals surface area contributed by atoms with E-state index in [1.54, 1.807) is 52.0 Å². The van der Waals surface area contributed by atoms with Crippen LogP contribution in [0.1, 0.15) is 33.3 Å². The van der Waals surface area contributed by atoms with Gasteiger partial charge in [-0.15, -0.1) is 0 Å². The van der Waals surface area contributed by atoms with E-state index in [1.807, 2.05) is 30.3 Å². The minimum Gasteiger partial charge on any atom is -0.489 e. The number of benzene rings is 2. The van der Waals surface area contributed by atoms with Crippen LogP contribution in [-0.2, 0) is 16.2 Å². The molecule has 26 heavy (non-hydrogen) atoms. The molecule has 2 aromatic rings. The van der Waals surface area contributed by atoms with E-state index >= 15 is 0 Å². The highest BCUT2D eigenvalue weighted by Crippen LogP contribution is 2.18. The number of hydrogen-bond acceptors (Lipinski definition) is 3. The normalized spacial score (nSPS) is 12.2. The second-order valence-electron chi connectivity index (χ2n) is 7.23. The van der Waals surface area contributed by atoms with E-state index in [4.69, 9.17) is 4.74 Å². The molecule has 0 aliphatic rings. The summed E-state index contributed by atoms with van der Waals surface area (Å²) in [5.74, 6) is 0.297. The Bertz CT molecular complexity index is 734. The average molecular weight is 354 g/mol. The summed E-state index contributed by atoms with van der Waals surface area (Å²) in [5, 5.41) is 5.50. The van der Waals surface area contributed by atoms with Crippen molar-refractivity contribution in [2.45, 2.75) is 40.3 Å². The van der Waals surface area contributed by atoms with Gasteiger partial charge in [0.05, 0.1) is 0 Å². The fraction of sp³-hybridized carbons (Fsp3) is 0.333. The largest absolute Gasteiger partial charge is 0.489 e. The molecule has 0 radical (unpaired) electrons. The molecule has 5 heteroatoms. The lowest BCUT2D eigenvalue weighted by atomic mass is 9.95. The first-order chi connectivity index (χ1) is 12.3. The van der Waals surface area contributed by atoms with Gasteiger partial charge in [0, 0.05) is 11.1 Å². The second-order valence-corrected chi connectivity index (χ2v) is 7.23. The summed E-state index contributed by atoms with van der Waals surface area (Å²) in [6, 6.07) is 16.4. The molecular formula is C21H26N2O3. The third kappa shape index (κ3) is 5.92. The molecular weight excluding hydrogens is 328 g/mol. The van der Waals surface area contributed by atoms with Gasteiger partial charge in [-0.3, -0.25) is 9.59 Å². The average Bonchev–Trinajstić information content (AvgIpc) is 2.61. The van der Waals surface area contributed by atoms with E-state index in [0.29, 0.717) is 12.3 Å². The van der Waals surface area contributed by atoms with Gasteiger partial charge in [0.2, 0.25) is 11.8 Å². The van der Waals surface area contributed by atoms with Crippen LogP contribution in [0.4, 0.5) is 5.69 Å². The minimum absolute atomic E-state index is 0.162. The van der Waals surface area contributed by atoms with Gasteiger partial charge in [0.15, 0.2) is 0 Å². The summed E-state index contributed by atoms with van der Waals surface area (Å²) < 4.78 is 5.72. The third-order valence-corrected chi connectivity index (χ3v) is 3.79. The number of ether oxygens (including phenoxy) is 1. The van der Waals surface area contributed by atoms with Crippen LogP contribution in [0.25, 0.3) is 0 Å². The van der Waals surface area contributed by atoms with E-state index in [0.717, 1.165) is 11.3 Å². The van der Waals surface area contributed by atoms with E-state index in [-0.39, 0.29) is 11.8 Å². The highest BCUT2D eigenvalue weighted by Gasteiger charge is 2.25. The summed E-state index contributed by atoms with van der Waals surface area (Å²) in [4.78, 5) is 24.2. The van der Waals surface area contributed by atoms with Crippen molar-refractivity contribution in [3.8, 4) is 5.75 Å². The zero-order valence-corrected chi connectivity index (χ0v) is 15.7. The zero-order chi connectivity index (χ0) is 19.2. The van der Waals surface area contributed by atoms with Crippen LogP contribution in [0, 0.1) is 5.41 Å². The molecule has 0 aliphatic carbocycles. The number of amides is 2. The molecule has 2 amide bonds. The SMILES string of the molecule is C[C@@H](NC(=O)C(C)(C)C)C(=O)Nc1ccc(OCc2ccccc2)cc1. The maximum atomic E-state index is 12.2. The molecule has 0 aromatic heterocycles. The van der Waals surface area contributed by atoms with Crippen molar-refractivity contribution < 1.29 is 14.3 Å². The number of nitrogens with one attached hydrogen (secondary N) is 2. The van der Waals surface area contributed by atoms with Gasteiger partial charge >= 0.3 is 0 Å². The molecule has 2 rings (SSSR count). The number of rotatable bonds is 6. The highest BCUT2D eigenvalue weighted by molar-refractivity contribution is 5.97. The molecule has 1 atom stereocenters. The minimum atomic E-state index is -0.615. The van der Waals surface area contributed by atoms with Crippen molar-refractivity contribution in [3.05, 3.63) is 60.2 Å². The van der Waals surface area contributed by atoms with Crippen LogP contribution < -0.4 is 15.4 Å². The number of carbonyl (C=O) groups is 2. The van der Waals surface area contributed by atoms with Crippen LogP contribution in [0.5, 0.6) is 5.75 Å². The van der Waals surface area contributed by atoms with Crippen LogP contribution in [0.15, 0.2) is 54.6 Å². The maximum Gasteiger partial charge on any atom is 0.246 e. The molecule has 2 N–H and O–H groups in total. The summed E-state index contributed by atoms with van der Waals surface area (Å²) in [5.41, 5.74) is 1.21. The Hall–Kier alpha value is -2.82. The van der Waals surface area contributed by atoms with Gasteiger partial charge < -0.3 is 15.4 Å². The number of anilines is 1. The van der Waals surface area contributed by atoms with E-state index < -0.39 is 11.5 Å². The first kappa shape index (κ1) is 19.5. The van der Waals surface area contributed by atoms with Gasteiger partial charge in [-0.2, -0.15) is 0 Å². The Kier molecular flexibility index (Phi) is 6.39. The topological polar surface area (TPSA) is 67.4 Å². The van der Waals surface area contributed by atoms with Gasteiger partial charge in [-0.05, 0) is 36.8 Å². The van der Waals surface area contributed by atoms with Crippen molar-refractivity contribution in [1.82, 2.24) is 5.32 Å². The molecule has 5 nitrogen and oxygen atoms in total. The number of hydrogen-bond donors (Lipinski definition) is 2. The Balaban J connectivity index is 1.86. The number of carbonyl (C=O) groups excluding carboxylic acids is 2. The predicted octanol–water partition coefficient (Wildman–Crippen LogP) is 3.75. The molecule has 0 aliphatic heterocycles. The van der Waals surface area contributed by atoms with Crippen molar-refractivity contribution >= 4 is 17.5 Å². The zero-order valence-electron chi connectivity index (χ0n) is 15.7. The predicted molar refractivity (Wildman–Crippen MR) is 103 cm³/mol. The molecule has 0 spiro atoms. The quantitative estimate of drug-likeness (QED) is 0.830. The summed E-state index contributed by atoms with van der Waals surface area (Å²) in [6.07, 6.45) is 0. The van der Waals surface area contributed by atoms with Crippen molar-refractivity contribution in [1.29, 1.82) is 0 Å². The second kappa shape index (κ2) is 8.52. The van der Waals surface area contributed by atoms with Crippen LogP contribution in [0.3, 0.4) is 0 Å². The standard InChI is InChI=1S/C21H26N2O3/c1-15(22-20(25)21(2,3)4)19(24)23-17-10-12-18(13-11-17)26-14-16-8-6-5-7-9-16/h5-13,15H,14H2,1-4H3,(H,22,25)(H,23,24)/t15-/m1/s1. The Labute approximate surface area is 154 Å². The Morgan fingerprint density at radius 3 is 2.19 bits per heavy atom.